The van der Waals surface area contributed by atoms with Crippen molar-refractivity contribution in [2.24, 2.45) is 0 Å². The molecule has 0 aliphatic rings. The SMILES string of the molecule is O=Cc1cccn1-c1nc(-c2ccc(F)cc2)cs1. The van der Waals surface area contributed by atoms with Crippen molar-refractivity contribution in [2.45, 2.75) is 0 Å². The molecule has 3 rings (SSSR count). The fraction of sp³-hybridized carbons (Fsp3) is 0. The number of benzene rings is 1. The summed E-state index contributed by atoms with van der Waals surface area (Å²) < 4.78 is 14.6. The molecule has 0 amide bonds. The van der Waals surface area contributed by atoms with Crippen LogP contribution in [0.5, 0.6) is 0 Å². The number of halogens is 1. The van der Waals surface area contributed by atoms with Crippen molar-refractivity contribution in [3.05, 3.63) is 59.5 Å². The summed E-state index contributed by atoms with van der Waals surface area (Å²) in [5.41, 5.74) is 2.18. The standard InChI is InChI=1S/C14H9FN2OS/c15-11-5-3-10(4-6-11)13-9-19-14(16-13)17-7-1-2-12(17)8-18/h1-9H. The number of thiazole rings is 1. The quantitative estimate of drug-likeness (QED) is 0.683. The van der Waals surface area contributed by atoms with Gasteiger partial charge in [0, 0.05) is 17.1 Å². The number of nitrogens with zero attached hydrogens (tertiary/aromatic N) is 2. The van der Waals surface area contributed by atoms with Gasteiger partial charge >= 0.3 is 0 Å². The topological polar surface area (TPSA) is 34.9 Å². The highest BCUT2D eigenvalue weighted by molar-refractivity contribution is 7.12. The molecule has 0 aliphatic carbocycles. The normalized spacial score (nSPS) is 10.6. The Morgan fingerprint density at radius 3 is 2.74 bits per heavy atom. The van der Waals surface area contributed by atoms with Gasteiger partial charge in [0.05, 0.1) is 11.4 Å². The molecule has 0 fully saturated rings. The van der Waals surface area contributed by atoms with Crippen molar-refractivity contribution >= 4 is 17.6 Å². The van der Waals surface area contributed by atoms with Crippen molar-refractivity contribution < 1.29 is 9.18 Å². The van der Waals surface area contributed by atoms with Gasteiger partial charge in [-0.15, -0.1) is 11.3 Å². The summed E-state index contributed by atoms with van der Waals surface area (Å²) in [4.78, 5) is 15.4. The molecule has 0 N–H and O–H groups in total. The fourth-order valence-electron chi connectivity index (χ4n) is 1.79. The molecule has 0 saturated carbocycles. The number of carbonyl (C=O) groups excluding carboxylic acids is 1. The molecule has 2 heterocycles. The van der Waals surface area contributed by atoms with E-state index >= 15 is 0 Å². The number of aromatic nitrogens is 2. The van der Waals surface area contributed by atoms with Crippen molar-refractivity contribution in [3.8, 4) is 16.4 Å². The zero-order valence-electron chi connectivity index (χ0n) is 9.79. The van der Waals surface area contributed by atoms with Gasteiger partial charge in [-0.25, -0.2) is 9.37 Å². The lowest BCUT2D eigenvalue weighted by Crippen LogP contribution is -1.96. The largest absolute Gasteiger partial charge is 0.296 e. The predicted octanol–water partition coefficient (Wildman–Crippen LogP) is 3.55. The second-order valence-electron chi connectivity index (χ2n) is 3.94. The highest BCUT2D eigenvalue weighted by Gasteiger charge is 2.08. The molecule has 3 aromatic rings. The monoisotopic (exact) mass is 272 g/mol. The van der Waals surface area contributed by atoms with Crippen LogP contribution < -0.4 is 0 Å². The molecule has 19 heavy (non-hydrogen) atoms. The van der Waals surface area contributed by atoms with Crippen LogP contribution in [0.4, 0.5) is 4.39 Å². The summed E-state index contributed by atoms with van der Waals surface area (Å²) in [6.45, 7) is 0. The van der Waals surface area contributed by atoms with Crippen molar-refractivity contribution in [2.75, 3.05) is 0 Å². The third-order valence-corrected chi connectivity index (χ3v) is 3.58. The summed E-state index contributed by atoms with van der Waals surface area (Å²) in [5.74, 6) is -0.271. The molecule has 0 spiro atoms. The van der Waals surface area contributed by atoms with Crippen LogP contribution in [0, 0.1) is 5.82 Å². The maximum Gasteiger partial charge on any atom is 0.194 e. The van der Waals surface area contributed by atoms with E-state index < -0.39 is 0 Å². The molecular weight excluding hydrogens is 263 g/mol. The van der Waals surface area contributed by atoms with Crippen LogP contribution in [0.25, 0.3) is 16.4 Å². The van der Waals surface area contributed by atoms with Gasteiger partial charge in [-0.2, -0.15) is 0 Å². The number of carbonyl (C=O) groups is 1. The van der Waals surface area contributed by atoms with Crippen LogP contribution >= 0.6 is 11.3 Å². The lowest BCUT2D eigenvalue weighted by atomic mass is 10.2. The highest BCUT2D eigenvalue weighted by atomic mass is 32.1. The predicted molar refractivity (Wildman–Crippen MR) is 72.2 cm³/mol. The van der Waals surface area contributed by atoms with Crippen molar-refractivity contribution in [1.82, 2.24) is 9.55 Å². The first kappa shape index (κ1) is 11.8. The van der Waals surface area contributed by atoms with Gasteiger partial charge in [0.1, 0.15) is 5.82 Å². The summed E-state index contributed by atoms with van der Waals surface area (Å²) in [7, 11) is 0. The van der Waals surface area contributed by atoms with E-state index in [1.165, 1.54) is 23.5 Å². The molecule has 3 nitrogen and oxygen atoms in total. The molecule has 0 bridgehead atoms. The van der Waals surface area contributed by atoms with E-state index in [2.05, 4.69) is 4.98 Å². The Hall–Kier alpha value is -2.27. The van der Waals surface area contributed by atoms with Crippen LogP contribution in [0.2, 0.25) is 0 Å². The summed E-state index contributed by atoms with van der Waals surface area (Å²) >= 11 is 1.44. The van der Waals surface area contributed by atoms with E-state index in [0.717, 1.165) is 17.5 Å². The van der Waals surface area contributed by atoms with E-state index in [1.54, 1.807) is 35.0 Å². The minimum absolute atomic E-state index is 0.271. The Labute approximate surface area is 113 Å². The average molecular weight is 272 g/mol. The smallest absolute Gasteiger partial charge is 0.194 e. The molecule has 94 valence electrons. The van der Waals surface area contributed by atoms with Gasteiger partial charge in [-0.3, -0.25) is 9.36 Å². The third kappa shape index (κ3) is 2.20. The third-order valence-electron chi connectivity index (χ3n) is 2.74. The fourth-order valence-corrected chi connectivity index (χ4v) is 2.63. The number of hydrogen-bond acceptors (Lipinski definition) is 3. The Balaban J connectivity index is 2.00. The van der Waals surface area contributed by atoms with Crippen LogP contribution in [0.3, 0.4) is 0 Å². The molecule has 5 heteroatoms. The van der Waals surface area contributed by atoms with E-state index in [0.29, 0.717) is 10.8 Å². The zero-order chi connectivity index (χ0) is 13.2. The van der Waals surface area contributed by atoms with Crippen molar-refractivity contribution in [1.29, 1.82) is 0 Å². The first-order valence-electron chi connectivity index (χ1n) is 5.62. The Kier molecular flexibility index (Phi) is 2.97. The Morgan fingerprint density at radius 1 is 1.21 bits per heavy atom. The molecule has 0 atom stereocenters. The molecule has 0 unspecified atom stereocenters. The van der Waals surface area contributed by atoms with E-state index in [4.69, 9.17) is 0 Å². The van der Waals surface area contributed by atoms with Crippen LogP contribution in [0.1, 0.15) is 10.5 Å². The zero-order valence-corrected chi connectivity index (χ0v) is 10.6. The van der Waals surface area contributed by atoms with E-state index in [9.17, 15) is 9.18 Å². The number of hydrogen-bond donors (Lipinski definition) is 0. The van der Waals surface area contributed by atoms with Gasteiger partial charge < -0.3 is 0 Å². The lowest BCUT2D eigenvalue weighted by Gasteiger charge is -1.99. The highest BCUT2D eigenvalue weighted by Crippen LogP contribution is 2.25. The molecule has 0 radical (unpaired) electrons. The first-order chi connectivity index (χ1) is 9.28. The van der Waals surface area contributed by atoms with Crippen LogP contribution in [-0.2, 0) is 0 Å². The van der Waals surface area contributed by atoms with Gasteiger partial charge in [0.2, 0.25) is 0 Å². The van der Waals surface area contributed by atoms with Crippen molar-refractivity contribution in [3.63, 3.8) is 0 Å². The van der Waals surface area contributed by atoms with Crippen LogP contribution in [0.15, 0.2) is 48.0 Å². The average Bonchev–Trinajstić information content (AvgIpc) is 3.07. The Morgan fingerprint density at radius 2 is 2.00 bits per heavy atom. The molecule has 0 aliphatic heterocycles. The van der Waals surface area contributed by atoms with Crippen LogP contribution in [-0.4, -0.2) is 15.8 Å². The maximum absolute atomic E-state index is 12.9. The minimum atomic E-state index is -0.271. The summed E-state index contributed by atoms with van der Waals surface area (Å²) in [6, 6.07) is 9.70. The number of rotatable bonds is 3. The second-order valence-corrected chi connectivity index (χ2v) is 4.78. The second kappa shape index (κ2) is 4.78. The molecule has 2 aromatic heterocycles. The van der Waals surface area contributed by atoms with E-state index in [-0.39, 0.29) is 5.82 Å². The van der Waals surface area contributed by atoms with Gasteiger partial charge in [0.15, 0.2) is 11.4 Å². The molecule has 0 saturated heterocycles. The molecule has 1 aromatic carbocycles. The summed E-state index contributed by atoms with van der Waals surface area (Å²) in [6.07, 6.45) is 2.58. The Bertz CT molecular complexity index is 715. The van der Waals surface area contributed by atoms with E-state index in [1.807, 2.05) is 5.38 Å². The van der Waals surface area contributed by atoms with Gasteiger partial charge in [-0.1, -0.05) is 0 Å². The van der Waals surface area contributed by atoms with Gasteiger partial charge in [0.25, 0.3) is 0 Å². The lowest BCUT2D eigenvalue weighted by molar-refractivity contribution is 0.111. The minimum Gasteiger partial charge on any atom is -0.296 e. The van der Waals surface area contributed by atoms with Gasteiger partial charge in [-0.05, 0) is 36.4 Å². The molecular formula is C14H9FN2OS. The number of aldehydes is 1. The summed E-state index contributed by atoms with van der Waals surface area (Å²) in [5, 5.41) is 2.60. The first-order valence-corrected chi connectivity index (χ1v) is 6.50. The maximum atomic E-state index is 12.9.